The predicted octanol–water partition coefficient (Wildman–Crippen LogP) is 3.86. The number of ether oxygens (including phenoxy) is 1. The van der Waals surface area contributed by atoms with E-state index in [2.05, 4.69) is 4.68 Å². The highest BCUT2D eigenvalue weighted by molar-refractivity contribution is 5.91. The lowest BCUT2D eigenvalue weighted by molar-refractivity contribution is -0.129. The van der Waals surface area contributed by atoms with Gasteiger partial charge in [0.25, 0.3) is 6.43 Å². The van der Waals surface area contributed by atoms with E-state index in [1.807, 2.05) is 4.90 Å². The molecule has 0 spiro atoms. The van der Waals surface area contributed by atoms with E-state index < -0.39 is 18.0 Å². The van der Waals surface area contributed by atoms with Crippen LogP contribution >= 0.6 is 0 Å². The summed E-state index contributed by atoms with van der Waals surface area (Å²) in [4.78, 5) is 27.5. The van der Waals surface area contributed by atoms with Crippen LogP contribution in [0.5, 0.6) is 0 Å². The van der Waals surface area contributed by atoms with Gasteiger partial charge in [-0.05, 0) is 43.4 Å². The number of rotatable bonds is 4. The first-order valence-electron chi connectivity index (χ1n) is 11.7. The van der Waals surface area contributed by atoms with Crippen LogP contribution in [0.25, 0.3) is 0 Å². The molecule has 2 aromatic rings. The van der Waals surface area contributed by atoms with E-state index >= 15 is 0 Å². The lowest BCUT2D eigenvalue weighted by Crippen LogP contribution is -2.36. The van der Waals surface area contributed by atoms with Gasteiger partial charge in [-0.3, -0.25) is 9.48 Å². The van der Waals surface area contributed by atoms with Crippen LogP contribution in [0.3, 0.4) is 0 Å². The van der Waals surface area contributed by atoms with Gasteiger partial charge < -0.3 is 19.6 Å². The number of halogens is 2. The van der Waals surface area contributed by atoms with Crippen LogP contribution in [0, 0.1) is 0 Å². The molecule has 0 radical (unpaired) electrons. The smallest absolute Gasteiger partial charge is 0.336 e. The van der Waals surface area contributed by atoms with Crippen molar-refractivity contribution in [2.75, 3.05) is 31.2 Å². The Bertz CT molecular complexity index is 1130. The fraction of sp³-hybridized carbons (Fsp3) is 0.542. The van der Waals surface area contributed by atoms with Crippen molar-refractivity contribution in [1.29, 1.82) is 0 Å². The number of carboxylic acid groups (broad SMARTS) is 1. The molecule has 1 aromatic heterocycles. The van der Waals surface area contributed by atoms with E-state index in [4.69, 9.17) is 9.84 Å². The van der Waals surface area contributed by atoms with Crippen LogP contribution < -0.4 is 4.90 Å². The molecule has 1 saturated heterocycles. The van der Waals surface area contributed by atoms with Crippen LogP contribution in [0.1, 0.15) is 71.4 Å². The van der Waals surface area contributed by atoms with Gasteiger partial charge in [0.2, 0.25) is 5.91 Å². The largest absolute Gasteiger partial charge is 0.478 e. The van der Waals surface area contributed by atoms with Crippen LogP contribution in [-0.4, -0.2) is 58.0 Å². The van der Waals surface area contributed by atoms with Crippen molar-refractivity contribution in [3.63, 3.8) is 0 Å². The maximum atomic E-state index is 13.8. The number of carboxylic acids is 1. The van der Waals surface area contributed by atoms with Crippen molar-refractivity contribution in [1.82, 2.24) is 14.7 Å². The Labute approximate surface area is 196 Å². The van der Waals surface area contributed by atoms with Crippen molar-refractivity contribution in [3.05, 3.63) is 40.1 Å². The summed E-state index contributed by atoms with van der Waals surface area (Å²) >= 11 is 0. The highest BCUT2D eigenvalue weighted by Gasteiger charge is 2.34. The summed E-state index contributed by atoms with van der Waals surface area (Å²) in [5.74, 6) is -0.689. The molecule has 3 aliphatic heterocycles. The van der Waals surface area contributed by atoms with Gasteiger partial charge in [-0.2, -0.15) is 5.10 Å². The summed E-state index contributed by atoms with van der Waals surface area (Å²) < 4.78 is 35.2. The fourth-order valence-corrected chi connectivity index (χ4v) is 5.38. The van der Waals surface area contributed by atoms with E-state index in [0.717, 1.165) is 36.1 Å². The molecule has 5 rings (SSSR count). The normalized spacial score (nSPS) is 18.7. The first kappa shape index (κ1) is 22.8. The van der Waals surface area contributed by atoms with Crippen molar-refractivity contribution < 1.29 is 28.2 Å². The van der Waals surface area contributed by atoms with Gasteiger partial charge in [-0.1, -0.05) is 0 Å². The van der Waals surface area contributed by atoms with E-state index in [1.54, 1.807) is 11.8 Å². The molecule has 0 atom stereocenters. The number of amides is 1. The van der Waals surface area contributed by atoms with Crippen LogP contribution in [-0.2, 0) is 28.9 Å². The van der Waals surface area contributed by atoms with Crippen molar-refractivity contribution in [3.8, 4) is 0 Å². The lowest BCUT2D eigenvalue weighted by atomic mass is 9.95. The maximum Gasteiger partial charge on any atom is 0.336 e. The molecule has 182 valence electrons. The molecule has 34 heavy (non-hydrogen) atoms. The minimum atomic E-state index is -2.90. The highest BCUT2D eigenvalue weighted by Crippen LogP contribution is 2.41. The summed E-state index contributed by atoms with van der Waals surface area (Å²) in [6, 6.07) is 2.89. The minimum absolute atomic E-state index is 0.0134. The third-order valence-electron chi connectivity index (χ3n) is 7.14. The number of aryl methyl sites for hydroxylation is 1. The summed E-state index contributed by atoms with van der Waals surface area (Å²) in [5.41, 5.74) is 2.49. The SMILES string of the molecule is CC(=O)N1CCc2c(c(N3CCCc4cc(C(=O)O)c(C(F)F)cc43)nn2C2CCOCC2)C1. The standard InChI is InChI=1S/C24H28F2N4O4/c1-14(31)28-8-4-20-19(13-28)23(27-30(20)16-5-9-34-10-6-16)29-7-2-3-15-11-18(24(32)33)17(22(25)26)12-21(15)29/h11-12,16,22H,2-10,13H2,1H3,(H,32,33). The van der Waals surface area contributed by atoms with Crippen molar-refractivity contribution in [2.45, 2.75) is 58.0 Å². The highest BCUT2D eigenvalue weighted by atomic mass is 19.3. The zero-order valence-corrected chi connectivity index (χ0v) is 19.1. The number of nitrogens with zero attached hydrogens (tertiary/aromatic N) is 4. The molecule has 1 N–H and O–H groups in total. The number of hydrogen-bond donors (Lipinski definition) is 1. The Kier molecular flexibility index (Phi) is 6.01. The first-order chi connectivity index (χ1) is 16.3. The second-order valence-corrected chi connectivity index (χ2v) is 9.16. The van der Waals surface area contributed by atoms with Crippen LogP contribution in [0.4, 0.5) is 20.3 Å². The number of fused-ring (bicyclic) bond motifs is 2. The lowest BCUT2D eigenvalue weighted by Gasteiger charge is -2.33. The number of anilines is 2. The number of hydrogen-bond acceptors (Lipinski definition) is 5. The Morgan fingerprint density at radius 2 is 1.94 bits per heavy atom. The van der Waals surface area contributed by atoms with Crippen molar-refractivity contribution in [2.24, 2.45) is 0 Å². The van der Waals surface area contributed by atoms with Crippen molar-refractivity contribution >= 4 is 23.4 Å². The summed E-state index contributed by atoms with van der Waals surface area (Å²) in [6.45, 7) is 4.49. The molecule has 4 heterocycles. The van der Waals surface area contributed by atoms with Gasteiger partial charge in [-0.15, -0.1) is 0 Å². The first-order valence-corrected chi connectivity index (χ1v) is 11.7. The second-order valence-electron chi connectivity index (χ2n) is 9.16. The van der Waals surface area contributed by atoms with Gasteiger partial charge in [-0.25, -0.2) is 13.6 Å². The number of carbonyl (C=O) groups is 2. The molecule has 10 heteroatoms. The van der Waals surface area contributed by atoms with Crippen LogP contribution in [0.2, 0.25) is 0 Å². The molecular formula is C24H28F2N4O4. The number of carbonyl (C=O) groups excluding carboxylic acids is 1. The number of aromatic nitrogens is 2. The molecule has 1 amide bonds. The molecule has 0 bridgehead atoms. The van der Waals surface area contributed by atoms with Crippen LogP contribution in [0.15, 0.2) is 12.1 Å². The van der Waals surface area contributed by atoms with Gasteiger partial charge in [0, 0.05) is 62.2 Å². The third-order valence-corrected chi connectivity index (χ3v) is 7.14. The molecule has 3 aliphatic rings. The number of alkyl halides is 2. The van der Waals surface area contributed by atoms with Gasteiger partial charge in [0.15, 0.2) is 5.82 Å². The number of benzene rings is 1. The van der Waals surface area contributed by atoms with E-state index in [0.29, 0.717) is 57.2 Å². The summed E-state index contributed by atoms with van der Waals surface area (Å²) in [5, 5.41) is 14.5. The van der Waals surface area contributed by atoms with E-state index in [9.17, 15) is 23.5 Å². The Balaban J connectivity index is 1.63. The topological polar surface area (TPSA) is 87.9 Å². The molecule has 1 aromatic carbocycles. The Morgan fingerprint density at radius 3 is 2.62 bits per heavy atom. The minimum Gasteiger partial charge on any atom is -0.478 e. The summed E-state index contributed by atoms with van der Waals surface area (Å²) in [6.07, 6.45) is 0.825. The fourth-order valence-electron chi connectivity index (χ4n) is 5.38. The monoisotopic (exact) mass is 474 g/mol. The average Bonchev–Trinajstić information content (AvgIpc) is 3.22. The summed E-state index contributed by atoms with van der Waals surface area (Å²) in [7, 11) is 0. The maximum absolute atomic E-state index is 13.8. The van der Waals surface area contributed by atoms with E-state index in [-0.39, 0.29) is 17.5 Å². The molecule has 8 nitrogen and oxygen atoms in total. The Hall–Kier alpha value is -3.01. The van der Waals surface area contributed by atoms with Gasteiger partial charge in [0.05, 0.1) is 18.2 Å². The van der Waals surface area contributed by atoms with Gasteiger partial charge in [0.1, 0.15) is 0 Å². The van der Waals surface area contributed by atoms with Gasteiger partial charge >= 0.3 is 5.97 Å². The Morgan fingerprint density at radius 1 is 1.18 bits per heavy atom. The van der Waals surface area contributed by atoms with E-state index in [1.165, 1.54) is 12.1 Å². The molecule has 0 aliphatic carbocycles. The molecule has 0 saturated carbocycles. The zero-order valence-electron chi connectivity index (χ0n) is 19.1. The predicted molar refractivity (Wildman–Crippen MR) is 120 cm³/mol. The average molecular weight is 475 g/mol. The second kappa shape index (κ2) is 8.98. The molecular weight excluding hydrogens is 446 g/mol. The number of aromatic carboxylic acids is 1. The zero-order chi connectivity index (χ0) is 24.0. The third kappa shape index (κ3) is 3.93. The quantitative estimate of drug-likeness (QED) is 0.724. The molecule has 1 fully saturated rings. The molecule has 0 unspecified atom stereocenters.